The van der Waals surface area contributed by atoms with Crippen LogP contribution < -0.4 is 5.32 Å². The first-order valence-electron chi connectivity index (χ1n) is 5.90. The summed E-state index contributed by atoms with van der Waals surface area (Å²) in [6, 6.07) is 8.28. The summed E-state index contributed by atoms with van der Waals surface area (Å²) in [4.78, 5) is 10.5. The summed E-state index contributed by atoms with van der Waals surface area (Å²) in [7, 11) is 0. The topological polar surface area (TPSA) is 55.2 Å². The molecule has 0 saturated heterocycles. The quantitative estimate of drug-likeness (QED) is 0.683. The van der Waals surface area contributed by atoms with Gasteiger partial charge in [-0.1, -0.05) is 12.1 Å². The zero-order chi connectivity index (χ0) is 14.7. The molecule has 20 heavy (non-hydrogen) atoms. The van der Waals surface area contributed by atoms with Crippen molar-refractivity contribution in [2.45, 2.75) is 13.5 Å². The lowest BCUT2D eigenvalue weighted by Crippen LogP contribution is -2.03. The lowest BCUT2D eigenvalue weighted by molar-refractivity contribution is -0.384. The van der Waals surface area contributed by atoms with E-state index in [1.54, 1.807) is 19.1 Å². The molecular weight excluding hydrogens is 266 g/mol. The van der Waals surface area contributed by atoms with E-state index >= 15 is 0 Å². The van der Waals surface area contributed by atoms with Crippen LogP contribution in [-0.4, -0.2) is 4.92 Å². The molecule has 0 amide bonds. The van der Waals surface area contributed by atoms with Crippen molar-refractivity contribution in [2.75, 3.05) is 5.32 Å². The molecule has 2 aromatic rings. The Kier molecular flexibility index (Phi) is 3.93. The van der Waals surface area contributed by atoms with Gasteiger partial charge in [0.25, 0.3) is 5.69 Å². The molecule has 1 N–H and O–H groups in total. The van der Waals surface area contributed by atoms with Gasteiger partial charge in [0.1, 0.15) is 5.69 Å². The maximum absolute atomic E-state index is 13.1. The van der Waals surface area contributed by atoms with Gasteiger partial charge in [-0.05, 0) is 36.2 Å². The van der Waals surface area contributed by atoms with Crippen molar-refractivity contribution in [1.29, 1.82) is 0 Å². The first-order valence-corrected chi connectivity index (χ1v) is 5.90. The van der Waals surface area contributed by atoms with Crippen LogP contribution in [0.2, 0.25) is 0 Å². The molecule has 0 unspecified atom stereocenters. The van der Waals surface area contributed by atoms with E-state index in [0.717, 1.165) is 17.7 Å². The molecule has 0 fully saturated rings. The Morgan fingerprint density at radius 1 is 1.15 bits per heavy atom. The molecule has 4 nitrogen and oxygen atoms in total. The van der Waals surface area contributed by atoms with Gasteiger partial charge in [-0.3, -0.25) is 10.1 Å². The van der Waals surface area contributed by atoms with E-state index in [0.29, 0.717) is 11.3 Å². The van der Waals surface area contributed by atoms with Gasteiger partial charge in [0.15, 0.2) is 11.6 Å². The predicted molar refractivity (Wildman–Crippen MR) is 71.5 cm³/mol. The largest absolute Gasteiger partial charge is 0.375 e. The average molecular weight is 278 g/mol. The zero-order valence-corrected chi connectivity index (χ0v) is 10.7. The lowest BCUT2D eigenvalue weighted by atomic mass is 10.1. The minimum atomic E-state index is -0.942. The Morgan fingerprint density at radius 3 is 2.55 bits per heavy atom. The highest BCUT2D eigenvalue weighted by atomic mass is 19.2. The second-order valence-electron chi connectivity index (χ2n) is 4.38. The van der Waals surface area contributed by atoms with Crippen molar-refractivity contribution >= 4 is 11.4 Å². The number of anilines is 1. The molecule has 0 aliphatic heterocycles. The molecule has 0 radical (unpaired) electrons. The second kappa shape index (κ2) is 5.64. The molecule has 0 spiro atoms. The number of nitro benzene ring substituents is 1. The Hall–Kier alpha value is -2.50. The minimum Gasteiger partial charge on any atom is -0.375 e. The molecule has 6 heteroatoms. The molecule has 2 rings (SSSR count). The van der Waals surface area contributed by atoms with Crippen LogP contribution in [0.3, 0.4) is 0 Å². The van der Waals surface area contributed by atoms with Crippen LogP contribution in [-0.2, 0) is 6.54 Å². The summed E-state index contributed by atoms with van der Waals surface area (Å²) >= 11 is 0. The van der Waals surface area contributed by atoms with Gasteiger partial charge in [0, 0.05) is 12.6 Å². The Bertz CT molecular complexity index is 660. The summed E-state index contributed by atoms with van der Waals surface area (Å²) in [6.07, 6.45) is 0. The summed E-state index contributed by atoms with van der Waals surface area (Å²) in [5, 5.41) is 13.8. The first kappa shape index (κ1) is 13.9. The third-order valence-electron chi connectivity index (χ3n) is 2.82. The van der Waals surface area contributed by atoms with E-state index in [2.05, 4.69) is 5.32 Å². The van der Waals surface area contributed by atoms with Crippen molar-refractivity contribution in [3.05, 3.63) is 69.3 Å². The van der Waals surface area contributed by atoms with Crippen molar-refractivity contribution < 1.29 is 13.7 Å². The van der Waals surface area contributed by atoms with Gasteiger partial charge in [0.2, 0.25) is 0 Å². The van der Waals surface area contributed by atoms with E-state index in [9.17, 15) is 18.9 Å². The van der Waals surface area contributed by atoms with Crippen molar-refractivity contribution in [2.24, 2.45) is 0 Å². The second-order valence-corrected chi connectivity index (χ2v) is 4.38. The highest BCUT2D eigenvalue weighted by Crippen LogP contribution is 2.25. The summed E-state index contributed by atoms with van der Waals surface area (Å²) < 4.78 is 25.8. The first-order chi connectivity index (χ1) is 9.47. The zero-order valence-electron chi connectivity index (χ0n) is 10.7. The standard InChI is InChI=1S/C14H12F2N2O2/c1-9-2-5-13(14(6-9)18(19)20)17-8-10-3-4-11(15)12(16)7-10/h2-7,17H,8H2,1H3. The Balaban J connectivity index is 2.18. The summed E-state index contributed by atoms with van der Waals surface area (Å²) in [6.45, 7) is 1.92. The molecule has 2 aromatic carbocycles. The number of benzene rings is 2. The fourth-order valence-electron chi connectivity index (χ4n) is 1.79. The van der Waals surface area contributed by atoms with Crippen LogP contribution in [0, 0.1) is 28.7 Å². The Labute approximate surface area is 114 Å². The smallest absolute Gasteiger partial charge is 0.292 e. The highest BCUT2D eigenvalue weighted by molar-refractivity contribution is 5.62. The van der Waals surface area contributed by atoms with Gasteiger partial charge >= 0.3 is 0 Å². The molecule has 0 heterocycles. The van der Waals surface area contributed by atoms with E-state index in [1.807, 2.05) is 0 Å². The normalized spacial score (nSPS) is 10.3. The average Bonchev–Trinajstić information content (AvgIpc) is 2.41. The lowest BCUT2D eigenvalue weighted by Gasteiger charge is -2.08. The number of nitro groups is 1. The SMILES string of the molecule is Cc1ccc(NCc2ccc(F)c(F)c2)c([N+](=O)[O-])c1. The van der Waals surface area contributed by atoms with E-state index in [-0.39, 0.29) is 12.2 Å². The van der Waals surface area contributed by atoms with Gasteiger partial charge in [0.05, 0.1) is 4.92 Å². The van der Waals surface area contributed by atoms with Gasteiger partial charge < -0.3 is 5.32 Å². The minimum absolute atomic E-state index is 0.0485. The third-order valence-corrected chi connectivity index (χ3v) is 2.82. The number of halogens is 2. The van der Waals surface area contributed by atoms with Crippen LogP contribution in [0.25, 0.3) is 0 Å². The van der Waals surface area contributed by atoms with Crippen molar-refractivity contribution in [1.82, 2.24) is 0 Å². The monoisotopic (exact) mass is 278 g/mol. The van der Waals surface area contributed by atoms with Gasteiger partial charge in [-0.2, -0.15) is 0 Å². The van der Waals surface area contributed by atoms with Gasteiger partial charge in [-0.15, -0.1) is 0 Å². The van der Waals surface area contributed by atoms with Crippen molar-refractivity contribution in [3.63, 3.8) is 0 Å². The molecule has 0 aromatic heterocycles. The molecule has 0 aliphatic carbocycles. The number of rotatable bonds is 4. The van der Waals surface area contributed by atoms with E-state index in [1.165, 1.54) is 12.1 Å². The molecule has 0 bridgehead atoms. The summed E-state index contributed by atoms with van der Waals surface area (Å²) in [5.41, 5.74) is 1.56. The van der Waals surface area contributed by atoms with Crippen molar-refractivity contribution in [3.8, 4) is 0 Å². The molecule has 0 atom stereocenters. The predicted octanol–water partition coefficient (Wildman–Crippen LogP) is 3.79. The van der Waals surface area contributed by atoms with Crippen LogP contribution in [0.1, 0.15) is 11.1 Å². The molecular formula is C14H12F2N2O2. The highest BCUT2D eigenvalue weighted by Gasteiger charge is 2.13. The number of hydrogen-bond acceptors (Lipinski definition) is 3. The molecule has 104 valence electrons. The molecule has 0 aliphatic rings. The van der Waals surface area contributed by atoms with Crippen LogP contribution >= 0.6 is 0 Å². The van der Waals surface area contributed by atoms with Gasteiger partial charge in [-0.25, -0.2) is 8.78 Å². The number of nitrogens with one attached hydrogen (secondary N) is 1. The fourth-order valence-corrected chi connectivity index (χ4v) is 1.79. The Morgan fingerprint density at radius 2 is 1.90 bits per heavy atom. The van der Waals surface area contributed by atoms with Crippen LogP contribution in [0.5, 0.6) is 0 Å². The van der Waals surface area contributed by atoms with E-state index in [4.69, 9.17) is 0 Å². The van der Waals surface area contributed by atoms with Crippen LogP contribution in [0.4, 0.5) is 20.2 Å². The number of hydrogen-bond donors (Lipinski definition) is 1. The fraction of sp³-hybridized carbons (Fsp3) is 0.143. The van der Waals surface area contributed by atoms with E-state index < -0.39 is 16.6 Å². The van der Waals surface area contributed by atoms with Crippen LogP contribution in [0.15, 0.2) is 36.4 Å². The number of nitrogens with zero attached hydrogens (tertiary/aromatic N) is 1. The maximum atomic E-state index is 13.1. The molecule has 0 saturated carbocycles. The third kappa shape index (κ3) is 3.09. The summed E-state index contributed by atoms with van der Waals surface area (Å²) in [5.74, 6) is -1.86. The maximum Gasteiger partial charge on any atom is 0.292 e. The number of aryl methyl sites for hydroxylation is 1.